The lowest BCUT2D eigenvalue weighted by Crippen LogP contribution is -2.12. The second-order valence-electron chi connectivity index (χ2n) is 3.44. The van der Waals surface area contributed by atoms with E-state index in [2.05, 4.69) is 10.3 Å². The summed E-state index contributed by atoms with van der Waals surface area (Å²) in [6, 6.07) is 5.87. The monoisotopic (exact) mass is 194 g/mol. The van der Waals surface area contributed by atoms with E-state index >= 15 is 0 Å². The van der Waals surface area contributed by atoms with E-state index in [9.17, 15) is 5.11 Å². The Bertz CT molecular complexity index is 276. The molecule has 78 valence electrons. The second kappa shape index (κ2) is 5.60. The molecule has 0 aromatic carbocycles. The Labute approximate surface area is 85.2 Å². The molecule has 1 heterocycles. The minimum Gasteiger partial charge on any atom is -0.393 e. The van der Waals surface area contributed by atoms with Crippen LogP contribution >= 0.6 is 0 Å². The van der Waals surface area contributed by atoms with Crippen molar-refractivity contribution in [3.05, 3.63) is 23.9 Å². The summed E-state index contributed by atoms with van der Waals surface area (Å²) in [5, 5.41) is 12.5. The van der Waals surface area contributed by atoms with Gasteiger partial charge in [-0.3, -0.25) is 0 Å². The summed E-state index contributed by atoms with van der Waals surface area (Å²) in [5.74, 6) is 0.883. The summed E-state index contributed by atoms with van der Waals surface area (Å²) in [6.45, 7) is 4.72. The first-order valence-corrected chi connectivity index (χ1v) is 5.08. The summed E-state index contributed by atoms with van der Waals surface area (Å²) in [7, 11) is 0. The van der Waals surface area contributed by atoms with Gasteiger partial charge in [-0.15, -0.1) is 0 Å². The quantitative estimate of drug-likeness (QED) is 0.753. The van der Waals surface area contributed by atoms with E-state index in [0.29, 0.717) is 0 Å². The number of anilines is 1. The van der Waals surface area contributed by atoms with Crippen molar-refractivity contribution < 1.29 is 5.11 Å². The minimum absolute atomic E-state index is 0.202. The lowest BCUT2D eigenvalue weighted by Gasteiger charge is -2.09. The summed E-state index contributed by atoms with van der Waals surface area (Å²) in [5.41, 5.74) is 1.01. The van der Waals surface area contributed by atoms with Gasteiger partial charge in [-0.1, -0.05) is 13.0 Å². The van der Waals surface area contributed by atoms with Gasteiger partial charge >= 0.3 is 0 Å². The molecular formula is C11H18N2O. The van der Waals surface area contributed by atoms with E-state index in [4.69, 9.17) is 0 Å². The molecule has 0 saturated carbocycles. The van der Waals surface area contributed by atoms with Crippen molar-refractivity contribution in [3.63, 3.8) is 0 Å². The van der Waals surface area contributed by atoms with Crippen LogP contribution in [0.5, 0.6) is 0 Å². The fraction of sp³-hybridized carbons (Fsp3) is 0.545. The Hall–Kier alpha value is -1.09. The number of aromatic nitrogens is 1. The highest BCUT2D eigenvalue weighted by Gasteiger charge is 1.99. The van der Waals surface area contributed by atoms with E-state index in [1.54, 1.807) is 0 Å². The lowest BCUT2D eigenvalue weighted by molar-refractivity contribution is 0.164. The van der Waals surface area contributed by atoms with Crippen LogP contribution < -0.4 is 5.32 Å². The topological polar surface area (TPSA) is 45.1 Å². The average Bonchev–Trinajstić information content (AvgIpc) is 2.17. The highest BCUT2D eigenvalue weighted by Crippen LogP contribution is 2.04. The molecule has 0 amide bonds. The first-order valence-electron chi connectivity index (χ1n) is 5.08. The van der Waals surface area contributed by atoms with Gasteiger partial charge in [0.1, 0.15) is 5.82 Å². The van der Waals surface area contributed by atoms with Crippen LogP contribution in [-0.2, 0) is 0 Å². The number of pyridine rings is 1. The summed E-state index contributed by atoms with van der Waals surface area (Å²) in [6.07, 6.45) is 1.38. The number of aliphatic hydroxyl groups excluding tert-OH is 1. The van der Waals surface area contributed by atoms with Crippen LogP contribution in [0.3, 0.4) is 0 Å². The maximum Gasteiger partial charge on any atom is 0.126 e. The average molecular weight is 194 g/mol. The molecule has 0 aliphatic rings. The molecule has 0 bridgehead atoms. The van der Waals surface area contributed by atoms with E-state index in [-0.39, 0.29) is 6.10 Å². The van der Waals surface area contributed by atoms with E-state index in [1.807, 2.05) is 32.0 Å². The molecule has 0 aliphatic heterocycles. The predicted octanol–water partition coefficient (Wildman–Crippen LogP) is 1.96. The zero-order chi connectivity index (χ0) is 10.4. The molecule has 0 aliphatic carbocycles. The van der Waals surface area contributed by atoms with E-state index in [1.165, 1.54) is 0 Å². The molecule has 1 aromatic heterocycles. The van der Waals surface area contributed by atoms with Crippen molar-refractivity contribution in [2.75, 3.05) is 11.9 Å². The number of hydrogen-bond acceptors (Lipinski definition) is 3. The van der Waals surface area contributed by atoms with Gasteiger partial charge in [-0.25, -0.2) is 4.98 Å². The van der Waals surface area contributed by atoms with Crippen LogP contribution in [0.2, 0.25) is 0 Å². The number of nitrogens with one attached hydrogen (secondary N) is 1. The zero-order valence-corrected chi connectivity index (χ0v) is 8.83. The molecule has 0 radical (unpaired) electrons. The molecule has 3 heteroatoms. The van der Waals surface area contributed by atoms with Gasteiger partial charge in [-0.2, -0.15) is 0 Å². The summed E-state index contributed by atoms with van der Waals surface area (Å²) < 4.78 is 0. The van der Waals surface area contributed by atoms with Crippen molar-refractivity contribution in [2.45, 2.75) is 32.8 Å². The van der Waals surface area contributed by atoms with Crippen molar-refractivity contribution >= 4 is 5.82 Å². The minimum atomic E-state index is -0.202. The Morgan fingerprint density at radius 2 is 2.29 bits per heavy atom. The SMILES string of the molecule is CCC(O)CCNc1cccc(C)n1. The summed E-state index contributed by atoms with van der Waals surface area (Å²) in [4.78, 5) is 4.30. The third kappa shape index (κ3) is 3.75. The number of rotatable bonds is 5. The Balaban J connectivity index is 2.31. The highest BCUT2D eigenvalue weighted by atomic mass is 16.3. The van der Waals surface area contributed by atoms with Gasteiger partial charge in [0.15, 0.2) is 0 Å². The molecule has 0 saturated heterocycles. The number of aliphatic hydroxyl groups is 1. The van der Waals surface area contributed by atoms with Crippen molar-refractivity contribution in [3.8, 4) is 0 Å². The van der Waals surface area contributed by atoms with E-state index < -0.39 is 0 Å². The highest BCUT2D eigenvalue weighted by molar-refractivity contribution is 5.34. The van der Waals surface area contributed by atoms with Gasteiger partial charge in [0.25, 0.3) is 0 Å². The third-order valence-electron chi connectivity index (χ3n) is 2.14. The molecular weight excluding hydrogens is 176 g/mol. The molecule has 2 N–H and O–H groups in total. The van der Waals surface area contributed by atoms with Crippen LogP contribution in [0.15, 0.2) is 18.2 Å². The molecule has 1 aromatic rings. The van der Waals surface area contributed by atoms with Crippen molar-refractivity contribution in [1.82, 2.24) is 4.98 Å². The largest absolute Gasteiger partial charge is 0.393 e. The van der Waals surface area contributed by atoms with E-state index in [0.717, 1.165) is 30.9 Å². The van der Waals surface area contributed by atoms with Crippen molar-refractivity contribution in [2.24, 2.45) is 0 Å². The number of hydrogen-bond donors (Lipinski definition) is 2. The summed E-state index contributed by atoms with van der Waals surface area (Å²) >= 11 is 0. The molecule has 14 heavy (non-hydrogen) atoms. The fourth-order valence-corrected chi connectivity index (χ4v) is 1.21. The van der Waals surface area contributed by atoms with Gasteiger partial charge in [0.2, 0.25) is 0 Å². The standard InChI is InChI=1S/C11H18N2O/c1-3-10(14)7-8-12-11-6-4-5-9(2)13-11/h4-6,10,14H,3,7-8H2,1-2H3,(H,12,13). The lowest BCUT2D eigenvalue weighted by atomic mass is 10.2. The molecule has 1 rings (SSSR count). The van der Waals surface area contributed by atoms with Gasteiger partial charge in [-0.05, 0) is 31.9 Å². The fourth-order valence-electron chi connectivity index (χ4n) is 1.21. The second-order valence-corrected chi connectivity index (χ2v) is 3.44. The van der Waals surface area contributed by atoms with Gasteiger partial charge in [0, 0.05) is 12.2 Å². The van der Waals surface area contributed by atoms with Crippen LogP contribution in [-0.4, -0.2) is 22.7 Å². The van der Waals surface area contributed by atoms with Gasteiger partial charge in [0.05, 0.1) is 6.10 Å². The molecule has 0 fully saturated rings. The Morgan fingerprint density at radius 1 is 1.50 bits per heavy atom. The predicted molar refractivity (Wildman–Crippen MR) is 58.4 cm³/mol. The first-order chi connectivity index (χ1) is 6.72. The molecule has 1 unspecified atom stereocenters. The van der Waals surface area contributed by atoms with Crippen LogP contribution in [0.4, 0.5) is 5.82 Å². The molecule has 0 spiro atoms. The normalized spacial score (nSPS) is 12.5. The molecule has 3 nitrogen and oxygen atoms in total. The number of aryl methyl sites for hydroxylation is 1. The van der Waals surface area contributed by atoms with Crippen LogP contribution in [0.1, 0.15) is 25.5 Å². The van der Waals surface area contributed by atoms with Crippen LogP contribution in [0.25, 0.3) is 0 Å². The first kappa shape index (κ1) is 11.0. The van der Waals surface area contributed by atoms with Gasteiger partial charge < -0.3 is 10.4 Å². The third-order valence-corrected chi connectivity index (χ3v) is 2.14. The maximum atomic E-state index is 9.33. The Kier molecular flexibility index (Phi) is 4.40. The zero-order valence-electron chi connectivity index (χ0n) is 8.83. The molecule has 1 atom stereocenters. The van der Waals surface area contributed by atoms with Crippen molar-refractivity contribution in [1.29, 1.82) is 0 Å². The number of nitrogens with zero attached hydrogens (tertiary/aromatic N) is 1. The smallest absolute Gasteiger partial charge is 0.126 e. The maximum absolute atomic E-state index is 9.33. The van der Waals surface area contributed by atoms with Crippen LogP contribution in [0, 0.1) is 6.92 Å². The Morgan fingerprint density at radius 3 is 2.93 bits per heavy atom.